The zero-order chi connectivity index (χ0) is 24.7. The van der Waals surface area contributed by atoms with Crippen molar-refractivity contribution in [2.24, 2.45) is 0 Å². The minimum atomic E-state index is -4.58. The van der Waals surface area contributed by atoms with E-state index in [0.29, 0.717) is 20.4 Å². The number of alkyl halides is 3. The van der Waals surface area contributed by atoms with Gasteiger partial charge in [0.05, 0.1) is 4.88 Å². The summed E-state index contributed by atoms with van der Waals surface area (Å²) in [5, 5.41) is 23.4. The lowest BCUT2D eigenvalue weighted by molar-refractivity contribution is -0.141. The van der Waals surface area contributed by atoms with E-state index >= 15 is 0 Å². The van der Waals surface area contributed by atoms with E-state index in [0.717, 1.165) is 34.7 Å². The number of nitrogens with one attached hydrogen (secondary N) is 1. The van der Waals surface area contributed by atoms with E-state index in [-0.39, 0.29) is 10.8 Å². The van der Waals surface area contributed by atoms with Crippen LogP contribution in [0.5, 0.6) is 0 Å². The van der Waals surface area contributed by atoms with E-state index in [2.05, 4.69) is 20.3 Å². The number of carboxylic acid groups (broad SMARTS) is 1. The molecule has 0 unspecified atom stereocenters. The molecule has 1 aromatic carbocycles. The van der Waals surface area contributed by atoms with Crippen molar-refractivity contribution in [3.8, 4) is 10.4 Å². The Bertz CT molecular complexity index is 1370. The summed E-state index contributed by atoms with van der Waals surface area (Å²) in [7, 11) is 0. The minimum Gasteiger partial charge on any atom is -0.477 e. The van der Waals surface area contributed by atoms with E-state index in [1.807, 2.05) is 13.0 Å². The van der Waals surface area contributed by atoms with Gasteiger partial charge < -0.3 is 15.5 Å². The number of benzene rings is 1. The fourth-order valence-electron chi connectivity index (χ4n) is 3.16. The third kappa shape index (κ3) is 4.93. The molecule has 0 spiro atoms. The summed E-state index contributed by atoms with van der Waals surface area (Å²) in [6.07, 6.45) is -1.97. The van der Waals surface area contributed by atoms with Gasteiger partial charge in [0, 0.05) is 23.0 Å². The molecule has 0 bridgehead atoms. The molecule has 7 nitrogen and oxygen atoms in total. The number of rotatable bonds is 6. The second-order valence-corrected chi connectivity index (χ2v) is 9.66. The van der Waals surface area contributed by atoms with Crippen LogP contribution < -0.4 is 5.32 Å². The van der Waals surface area contributed by atoms with Crippen molar-refractivity contribution in [1.29, 1.82) is 0 Å². The summed E-state index contributed by atoms with van der Waals surface area (Å²) in [6.45, 7) is 3.38. The normalized spacial score (nSPS) is 13.5. The molecule has 176 valence electrons. The quantitative estimate of drug-likeness (QED) is 0.308. The monoisotopic (exact) mass is 506 g/mol. The molecule has 0 saturated heterocycles. The Hall–Kier alpha value is -3.35. The number of carboxylic acids is 1. The van der Waals surface area contributed by atoms with Crippen LogP contribution in [0.25, 0.3) is 10.4 Å². The molecule has 1 atom stereocenters. The highest BCUT2D eigenvalue weighted by atomic mass is 32.1. The SMILES string of the molecule is Cc1cc(Nc2nccc(C(F)(F)F)n2)cc(-c2cnc([C@](C)(O)c3ccc(C(=O)O)s3)s2)c1. The fourth-order valence-corrected chi connectivity index (χ4v) is 5.08. The van der Waals surface area contributed by atoms with E-state index in [4.69, 9.17) is 5.11 Å². The van der Waals surface area contributed by atoms with Crippen molar-refractivity contribution in [3.63, 3.8) is 0 Å². The van der Waals surface area contributed by atoms with Gasteiger partial charge in [0.1, 0.15) is 21.2 Å². The Labute approximate surface area is 199 Å². The van der Waals surface area contributed by atoms with Crippen LogP contribution in [0.4, 0.5) is 24.8 Å². The number of aliphatic hydroxyl groups is 1. The predicted molar refractivity (Wildman–Crippen MR) is 123 cm³/mol. The van der Waals surface area contributed by atoms with Crippen molar-refractivity contribution in [3.05, 3.63) is 74.8 Å². The largest absolute Gasteiger partial charge is 0.477 e. The van der Waals surface area contributed by atoms with E-state index in [9.17, 15) is 23.1 Å². The van der Waals surface area contributed by atoms with Gasteiger partial charge in [-0.25, -0.2) is 19.7 Å². The van der Waals surface area contributed by atoms with Gasteiger partial charge in [0.25, 0.3) is 0 Å². The number of thiophene rings is 1. The van der Waals surface area contributed by atoms with Gasteiger partial charge in [-0.05, 0) is 55.3 Å². The molecule has 34 heavy (non-hydrogen) atoms. The molecule has 0 fully saturated rings. The van der Waals surface area contributed by atoms with Crippen molar-refractivity contribution in [2.45, 2.75) is 25.6 Å². The van der Waals surface area contributed by atoms with Crippen LogP contribution in [0.1, 0.15) is 37.7 Å². The summed E-state index contributed by atoms with van der Waals surface area (Å²) in [4.78, 5) is 24.2. The van der Waals surface area contributed by atoms with Crippen molar-refractivity contribution in [2.75, 3.05) is 5.32 Å². The van der Waals surface area contributed by atoms with Crippen LogP contribution in [0.15, 0.2) is 48.8 Å². The zero-order valence-corrected chi connectivity index (χ0v) is 19.3. The number of aromatic nitrogens is 3. The molecule has 12 heteroatoms. The molecule has 0 aliphatic rings. The summed E-state index contributed by atoms with van der Waals surface area (Å²) < 4.78 is 38.8. The van der Waals surface area contributed by atoms with E-state index in [1.165, 1.54) is 17.4 Å². The maximum Gasteiger partial charge on any atom is 0.433 e. The highest BCUT2D eigenvalue weighted by molar-refractivity contribution is 7.16. The Balaban J connectivity index is 1.62. The van der Waals surface area contributed by atoms with Gasteiger partial charge in [-0.1, -0.05) is 6.07 Å². The second kappa shape index (κ2) is 8.78. The first-order chi connectivity index (χ1) is 15.9. The Morgan fingerprint density at radius 1 is 1.09 bits per heavy atom. The fraction of sp³-hybridized carbons (Fsp3) is 0.182. The summed E-state index contributed by atoms with van der Waals surface area (Å²) >= 11 is 2.20. The molecule has 0 aliphatic carbocycles. The van der Waals surface area contributed by atoms with Crippen LogP contribution in [0.3, 0.4) is 0 Å². The molecule has 0 aliphatic heterocycles. The Morgan fingerprint density at radius 2 is 1.85 bits per heavy atom. The summed E-state index contributed by atoms with van der Waals surface area (Å²) in [5.74, 6) is -1.26. The summed E-state index contributed by atoms with van der Waals surface area (Å²) in [6, 6.07) is 9.11. The van der Waals surface area contributed by atoms with Gasteiger partial charge in [0.2, 0.25) is 5.95 Å². The average molecular weight is 507 g/mol. The number of halogens is 3. The molecule has 3 heterocycles. The number of aromatic carboxylic acids is 1. The summed E-state index contributed by atoms with van der Waals surface area (Å²) in [5.41, 5.74) is -0.491. The number of nitrogens with zero attached hydrogens (tertiary/aromatic N) is 3. The molecule has 3 aromatic heterocycles. The first kappa shape index (κ1) is 23.8. The van der Waals surface area contributed by atoms with Gasteiger partial charge in [0.15, 0.2) is 0 Å². The number of hydrogen-bond acceptors (Lipinski definition) is 8. The lowest BCUT2D eigenvalue weighted by atomic mass is 10.1. The van der Waals surface area contributed by atoms with E-state index in [1.54, 1.807) is 31.3 Å². The number of anilines is 2. The lowest BCUT2D eigenvalue weighted by Gasteiger charge is -2.18. The lowest BCUT2D eigenvalue weighted by Crippen LogP contribution is -2.20. The Morgan fingerprint density at radius 3 is 2.53 bits per heavy atom. The molecular weight excluding hydrogens is 489 g/mol. The van der Waals surface area contributed by atoms with Crippen LogP contribution in [0, 0.1) is 6.92 Å². The van der Waals surface area contributed by atoms with Crippen LogP contribution in [-0.2, 0) is 11.8 Å². The zero-order valence-electron chi connectivity index (χ0n) is 17.7. The van der Waals surface area contributed by atoms with E-state index < -0.39 is 23.4 Å². The molecular formula is C22H17F3N4O3S2. The van der Waals surface area contributed by atoms with Crippen LogP contribution in [-0.4, -0.2) is 31.1 Å². The second-order valence-electron chi connectivity index (χ2n) is 7.55. The molecule has 0 radical (unpaired) electrons. The highest BCUT2D eigenvalue weighted by Crippen LogP contribution is 2.39. The number of thiazole rings is 1. The topological polar surface area (TPSA) is 108 Å². The smallest absolute Gasteiger partial charge is 0.433 e. The number of aryl methyl sites for hydroxylation is 1. The van der Waals surface area contributed by atoms with Crippen molar-refractivity contribution in [1.82, 2.24) is 15.0 Å². The molecule has 0 amide bonds. The van der Waals surface area contributed by atoms with Crippen molar-refractivity contribution >= 4 is 40.3 Å². The number of hydrogen-bond donors (Lipinski definition) is 3. The minimum absolute atomic E-state index is 0.110. The standard InChI is InChI=1S/C22H17F3N4O3S2/c1-11-7-12(9-13(8-11)28-20-26-6-5-16(29-20)22(23,24)25)15-10-27-19(34-15)21(2,32)17-4-3-14(33-17)18(30)31/h3-10,32H,1-2H3,(H,30,31)(H,26,28,29)/t21-/m1/s1. The number of carbonyl (C=O) groups is 1. The van der Waals surface area contributed by atoms with Gasteiger partial charge >= 0.3 is 12.1 Å². The third-order valence-corrected chi connectivity index (χ3v) is 7.32. The molecule has 4 aromatic rings. The first-order valence-corrected chi connectivity index (χ1v) is 11.4. The van der Waals surface area contributed by atoms with Crippen LogP contribution in [0.2, 0.25) is 0 Å². The van der Waals surface area contributed by atoms with Gasteiger partial charge in [-0.15, -0.1) is 22.7 Å². The average Bonchev–Trinajstić information content (AvgIpc) is 3.44. The molecule has 0 saturated carbocycles. The predicted octanol–water partition coefficient (Wildman–Crippen LogP) is 5.69. The van der Waals surface area contributed by atoms with Crippen LogP contribution >= 0.6 is 22.7 Å². The molecule has 3 N–H and O–H groups in total. The van der Waals surface area contributed by atoms with Gasteiger partial charge in [-0.3, -0.25) is 0 Å². The van der Waals surface area contributed by atoms with Crippen molar-refractivity contribution < 1.29 is 28.2 Å². The molecule has 4 rings (SSSR count). The maximum atomic E-state index is 12.9. The highest BCUT2D eigenvalue weighted by Gasteiger charge is 2.33. The first-order valence-electron chi connectivity index (χ1n) is 9.75. The maximum absolute atomic E-state index is 12.9. The third-order valence-electron chi connectivity index (χ3n) is 4.78. The Kier molecular flexibility index (Phi) is 6.14. The van der Waals surface area contributed by atoms with Gasteiger partial charge in [-0.2, -0.15) is 13.2 Å².